The maximum absolute atomic E-state index is 5.10. The molecule has 2 unspecified atom stereocenters. The predicted molar refractivity (Wildman–Crippen MR) is 39.4 cm³/mol. The van der Waals surface area contributed by atoms with Gasteiger partial charge in [-0.15, -0.1) is 0 Å². The summed E-state index contributed by atoms with van der Waals surface area (Å²) >= 11 is 0. The van der Waals surface area contributed by atoms with Gasteiger partial charge in [-0.2, -0.15) is 0 Å². The van der Waals surface area contributed by atoms with Gasteiger partial charge < -0.3 is 4.74 Å². The van der Waals surface area contributed by atoms with Crippen LogP contribution < -0.4 is 0 Å². The van der Waals surface area contributed by atoms with Crippen molar-refractivity contribution in [1.82, 2.24) is 0 Å². The second-order valence-corrected chi connectivity index (χ2v) is 2.40. The summed E-state index contributed by atoms with van der Waals surface area (Å²) in [6.45, 7) is 1.95. The van der Waals surface area contributed by atoms with E-state index in [4.69, 9.17) is 4.74 Å². The minimum Gasteiger partial charge on any atom is -0.456 e. The molecule has 0 aliphatic carbocycles. The third-order valence-corrected chi connectivity index (χ3v) is 1.59. The number of fused-ring (bicyclic) bond motifs is 1. The molecule has 52 valence electrons. The molecule has 2 rings (SSSR count). The molecule has 0 N–H and O–H groups in total. The van der Waals surface area contributed by atoms with Crippen LogP contribution in [0.2, 0.25) is 0 Å². The van der Waals surface area contributed by atoms with E-state index in [9.17, 15) is 0 Å². The monoisotopic (exact) mass is 136 g/mol. The van der Waals surface area contributed by atoms with Crippen LogP contribution in [0.4, 0.5) is 0 Å². The van der Waals surface area contributed by atoms with Crippen LogP contribution in [-0.4, -0.2) is 24.4 Å². The number of nitrogens with zero attached hydrogens (tertiary/aromatic N) is 2. The summed E-state index contributed by atoms with van der Waals surface area (Å²) in [7, 11) is 0. The molecule has 3 heteroatoms. The lowest BCUT2D eigenvalue weighted by atomic mass is 10.2. The highest BCUT2D eigenvalue weighted by Gasteiger charge is 2.24. The van der Waals surface area contributed by atoms with E-state index in [-0.39, 0.29) is 12.3 Å². The molecular weight excluding hydrogens is 128 g/mol. The first-order valence-electron chi connectivity index (χ1n) is 3.26. The van der Waals surface area contributed by atoms with Crippen molar-refractivity contribution in [3.05, 3.63) is 12.2 Å². The molecule has 0 amide bonds. The molecule has 0 radical (unpaired) electrons. The minimum atomic E-state index is -0.0787. The Morgan fingerprint density at radius 2 is 2.50 bits per heavy atom. The fourth-order valence-electron chi connectivity index (χ4n) is 1.06. The summed E-state index contributed by atoms with van der Waals surface area (Å²) < 4.78 is 5.10. The third-order valence-electron chi connectivity index (χ3n) is 1.59. The normalized spacial score (nSPS) is 35.1. The average Bonchev–Trinajstić information content (AvgIpc) is 2.33. The summed E-state index contributed by atoms with van der Waals surface area (Å²) in [5, 5.41) is 0. The van der Waals surface area contributed by atoms with Gasteiger partial charge in [0.1, 0.15) is 6.04 Å². The van der Waals surface area contributed by atoms with E-state index >= 15 is 0 Å². The van der Waals surface area contributed by atoms with Gasteiger partial charge in [-0.1, -0.05) is 6.08 Å². The summed E-state index contributed by atoms with van der Waals surface area (Å²) in [5.74, 6) is 0. The summed E-state index contributed by atoms with van der Waals surface area (Å²) in [6, 6.07) is 0.128. The van der Waals surface area contributed by atoms with Gasteiger partial charge in [0.2, 0.25) is 6.23 Å². The highest BCUT2D eigenvalue weighted by molar-refractivity contribution is 5.93. The molecule has 0 saturated heterocycles. The van der Waals surface area contributed by atoms with Crippen LogP contribution in [0, 0.1) is 0 Å². The SMILES string of the molecule is CC1=NC2OC=NC2C=C1. The molecular formula is C7H8N2O. The Hall–Kier alpha value is -1.12. The molecule has 0 aromatic carbocycles. The Kier molecular flexibility index (Phi) is 1.09. The van der Waals surface area contributed by atoms with Crippen molar-refractivity contribution in [2.24, 2.45) is 9.98 Å². The van der Waals surface area contributed by atoms with Crippen molar-refractivity contribution in [2.45, 2.75) is 19.2 Å². The third kappa shape index (κ3) is 0.744. The van der Waals surface area contributed by atoms with Gasteiger partial charge >= 0.3 is 0 Å². The molecule has 0 spiro atoms. The fraction of sp³-hybridized carbons (Fsp3) is 0.429. The number of allylic oxidation sites excluding steroid dienone is 1. The topological polar surface area (TPSA) is 34.0 Å². The van der Waals surface area contributed by atoms with E-state index in [0.29, 0.717) is 0 Å². The van der Waals surface area contributed by atoms with Gasteiger partial charge in [0.25, 0.3) is 0 Å². The van der Waals surface area contributed by atoms with Crippen molar-refractivity contribution in [3.8, 4) is 0 Å². The van der Waals surface area contributed by atoms with Crippen LogP contribution in [-0.2, 0) is 4.74 Å². The van der Waals surface area contributed by atoms with Crippen LogP contribution in [0.15, 0.2) is 22.1 Å². The highest BCUT2D eigenvalue weighted by atomic mass is 16.5. The first-order valence-corrected chi connectivity index (χ1v) is 3.26. The van der Waals surface area contributed by atoms with Crippen LogP contribution in [0.1, 0.15) is 6.92 Å². The fourth-order valence-corrected chi connectivity index (χ4v) is 1.06. The highest BCUT2D eigenvalue weighted by Crippen LogP contribution is 2.16. The summed E-state index contributed by atoms with van der Waals surface area (Å²) in [6.07, 6.45) is 5.37. The molecule has 0 fully saturated rings. The zero-order chi connectivity index (χ0) is 6.97. The van der Waals surface area contributed by atoms with Crippen LogP contribution in [0.25, 0.3) is 0 Å². The van der Waals surface area contributed by atoms with Gasteiger partial charge in [0.15, 0.2) is 6.40 Å². The smallest absolute Gasteiger partial charge is 0.216 e. The van der Waals surface area contributed by atoms with E-state index in [1.807, 2.05) is 19.1 Å². The van der Waals surface area contributed by atoms with Crippen molar-refractivity contribution >= 4 is 12.1 Å². The molecule has 0 bridgehead atoms. The molecule has 10 heavy (non-hydrogen) atoms. The Morgan fingerprint density at radius 1 is 1.60 bits per heavy atom. The number of ether oxygens (including phenoxy) is 1. The lowest BCUT2D eigenvalue weighted by molar-refractivity contribution is 0.224. The Bertz CT molecular complexity index is 230. The van der Waals surface area contributed by atoms with Gasteiger partial charge in [-0.3, -0.25) is 0 Å². The van der Waals surface area contributed by atoms with E-state index < -0.39 is 0 Å². The molecule has 2 aliphatic rings. The van der Waals surface area contributed by atoms with Crippen LogP contribution in [0.3, 0.4) is 0 Å². The zero-order valence-corrected chi connectivity index (χ0v) is 5.69. The van der Waals surface area contributed by atoms with Gasteiger partial charge in [-0.05, 0) is 13.0 Å². The van der Waals surface area contributed by atoms with E-state index in [1.165, 1.54) is 6.40 Å². The molecule has 2 heterocycles. The van der Waals surface area contributed by atoms with Gasteiger partial charge in [0.05, 0.1) is 0 Å². The van der Waals surface area contributed by atoms with Gasteiger partial charge in [0, 0.05) is 5.71 Å². The first-order chi connectivity index (χ1) is 4.86. The number of hydrogen-bond acceptors (Lipinski definition) is 3. The molecule has 2 aliphatic heterocycles. The number of hydrogen-bond donors (Lipinski definition) is 0. The Morgan fingerprint density at radius 3 is 3.40 bits per heavy atom. The van der Waals surface area contributed by atoms with Gasteiger partial charge in [-0.25, -0.2) is 9.98 Å². The average molecular weight is 136 g/mol. The molecule has 2 atom stereocenters. The van der Waals surface area contributed by atoms with E-state index in [0.717, 1.165) is 5.71 Å². The molecule has 0 aromatic rings. The van der Waals surface area contributed by atoms with Crippen LogP contribution >= 0.6 is 0 Å². The first kappa shape index (κ1) is 5.65. The van der Waals surface area contributed by atoms with Crippen molar-refractivity contribution in [1.29, 1.82) is 0 Å². The second kappa shape index (κ2) is 1.94. The van der Waals surface area contributed by atoms with E-state index in [1.54, 1.807) is 0 Å². The van der Waals surface area contributed by atoms with Crippen molar-refractivity contribution in [3.63, 3.8) is 0 Å². The molecule has 0 saturated carbocycles. The maximum Gasteiger partial charge on any atom is 0.216 e. The maximum atomic E-state index is 5.10. The van der Waals surface area contributed by atoms with Crippen LogP contribution in [0.5, 0.6) is 0 Å². The Labute approximate surface area is 59.1 Å². The summed E-state index contributed by atoms with van der Waals surface area (Å²) in [4.78, 5) is 8.28. The molecule has 3 nitrogen and oxygen atoms in total. The minimum absolute atomic E-state index is 0.0787. The van der Waals surface area contributed by atoms with Crippen molar-refractivity contribution < 1.29 is 4.74 Å². The number of aliphatic imine (C=N–C) groups is 2. The second-order valence-electron chi connectivity index (χ2n) is 2.40. The van der Waals surface area contributed by atoms with Crippen molar-refractivity contribution in [2.75, 3.05) is 0 Å². The quantitative estimate of drug-likeness (QED) is 0.484. The zero-order valence-electron chi connectivity index (χ0n) is 5.69. The Balaban J connectivity index is 2.25. The number of rotatable bonds is 0. The van der Waals surface area contributed by atoms with E-state index in [2.05, 4.69) is 9.98 Å². The number of dihydropyridines is 1. The lowest BCUT2D eigenvalue weighted by Gasteiger charge is -2.13. The standard InChI is InChI=1S/C7H8N2O/c1-5-2-3-6-7(9-5)10-4-8-6/h2-4,6-7H,1H3. The molecule has 0 aromatic heterocycles. The predicted octanol–water partition coefficient (Wildman–Crippen LogP) is 0.770. The largest absolute Gasteiger partial charge is 0.456 e. The summed E-state index contributed by atoms with van der Waals surface area (Å²) in [5.41, 5.74) is 1.01. The lowest BCUT2D eigenvalue weighted by Crippen LogP contribution is -2.21.